The fourth-order valence-electron chi connectivity index (χ4n) is 2.34. The number of hydrogen-bond donors (Lipinski definition) is 1. The molecule has 21 heavy (non-hydrogen) atoms. The molecule has 4 heteroatoms. The molecule has 2 aromatic rings. The van der Waals surface area contributed by atoms with Crippen molar-refractivity contribution in [2.75, 3.05) is 18.0 Å². The molecule has 0 spiro atoms. The summed E-state index contributed by atoms with van der Waals surface area (Å²) < 4.78 is 0. The van der Waals surface area contributed by atoms with E-state index >= 15 is 0 Å². The van der Waals surface area contributed by atoms with Gasteiger partial charge in [-0.2, -0.15) is 0 Å². The van der Waals surface area contributed by atoms with Gasteiger partial charge in [0.05, 0.1) is 5.02 Å². The molecule has 0 radical (unpaired) electrons. The van der Waals surface area contributed by atoms with E-state index in [2.05, 4.69) is 48.1 Å². The van der Waals surface area contributed by atoms with Gasteiger partial charge in [0.2, 0.25) is 0 Å². The van der Waals surface area contributed by atoms with Gasteiger partial charge >= 0.3 is 0 Å². The highest BCUT2D eigenvalue weighted by Crippen LogP contribution is 2.32. The monoisotopic (exact) mass is 303 g/mol. The van der Waals surface area contributed by atoms with E-state index in [1.54, 1.807) is 0 Å². The normalized spacial score (nSPS) is 10.7. The van der Waals surface area contributed by atoms with E-state index in [0.29, 0.717) is 5.02 Å². The van der Waals surface area contributed by atoms with E-state index in [4.69, 9.17) is 11.6 Å². The van der Waals surface area contributed by atoms with Crippen molar-refractivity contribution in [3.05, 3.63) is 52.7 Å². The molecule has 1 heterocycles. The summed E-state index contributed by atoms with van der Waals surface area (Å²) in [6.07, 6.45) is 1.89. The average molecular weight is 304 g/mol. The number of anilines is 2. The van der Waals surface area contributed by atoms with E-state index in [9.17, 15) is 0 Å². The van der Waals surface area contributed by atoms with E-state index < -0.39 is 0 Å². The van der Waals surface area contributed by atoms with Gasteiger partial charge in [0.25, 0.3) is 0 Å². The Morgan fingerprint density at radius 3 is 2.62 bits per heavy atom. The lowest BCUT2D eigenvalue weighted by molar-refractivity contribution is 0.724. The van der Waals surface area contributed by atoms with Crippen molar-refractivity contribution in [1.29, 1.82) is 0 Å². The van der Waals surface area contributed by atoms with Crippen molar-refractivity contribution in [1.82, 2.24) is 10.3 Å². The minimum absolute atomic E-state index is 0.690. The maximum absolute atomic E-state index is 6.45. The Bertz CT molecular complexity index is 598. The van der Waals surface area contributed by atoms with Gasteiger partial charge in [-0.3, -0.25) is 0 Å². The maximum atomic E-state index is 6.45. The minimum Gasteiger partial charge on any atom is -0.325 e. The summed E-state index contributed by atoms with van der Waals surface area (Å²) in [4.78, 5) is 6.72. The van der Waals surface area contributed by atoms with Gasteiger partial charge in [-0.1, -0.05) is 36.7 Å². The number of rotatable bonds is 6. The number of benzene rings is 1. The largest absolute Gasteiger partial charge is 0.325 e. The Morgan fingerprint density at radius 2 is 2.00 bits per heavy atom. The summed E-state index contributed by atoms with van der Waals surface area (Å²) in [5.41, 5.74) is 3.47. The first-order valence-corrected chi connectivity index (χ1v) is 7.73. The van der Waals surface area contributed by atoms with Crippen molar-refractivity contribution in [2.45, 2.75) is 27.3 Å². The zero-order chi connectivity index (χ0) is 15.2. The molecule has 0 amide bonds. The second-order valence-corrected chi connectivity index (χ2v) is 5.37. The van der Waals surface area contributed by atoms with Crippen molar-refractivity contribution >= 4 is 23.1 Å². The van der Waals surface area contributed by atoms with E-state index in [-0.39, 0.29) is 0 Å². The zero-order valence-electron chi connectivity index (χ0n) is 12.9. The van der Waals surface area contributed by atoms with Gasteiger partial charge in [0, 0.05) is 25.0 Å². The first kappa shape index (κ1) is 15.8. The van der Waals surface area contributed by atoms with Crippen molar-refractivity contribution in [2.24, 2.45) is 0 Å². The predicted octanol–water partition coefficient (Wildman–Crippen LogP) is 4.31. The molecule has 1 aromatic carbocycles. The van der Waals surface area contributed by atoms with Gasteiger partial charge < -0.3 is 10.2 Å². The number of aromatic nitrogens is 1. The minimum atomic E-state index is 0.690. The molecular weight excluding hydrogens is 282 g/mol. The fraction of sp³-hybridized carbons (Fsp3) is 0.353. The third kappa shape index (κ3) is 3.74. The molecule has 2 rings (SSSR count). The van der Waals surface area contributed by atoms with Crippen LogP contribution in [-0.2, 0) is 6.54 Å². The Hall–Kier alpha value is -1.58. The summed E-state index contributed by atoms with van der Waals surface area (Å²) in [7, 11) is 0. The number of aryl methyl sites for hydroxylation is 1. The number of hydrogen-bond acceptors (Lipinski definition) is 3. The number of nitrogens with zero attached hydrogens (tertiary/aromatic N) is 2. The zero-order valence-corrected chi connectivity index (χ0v) is 13.6. The molecule has 0 aliphatic heterocycles. The highest BCUT2D eigenvalue weighted by Gasteiger charge is 2.14. The summed E-state index contributed by atoms with van der Waals surface area (Å²) in [5.74, 6) is 0.814. The van der Waals surface area contributed by atoms with Crippen LogP contribution in [0.4, 0.5) is 11.5 Å². The molecule has 0 saturated heterocycles. The van der Waals surface area contributed by atoms with Gasteiger partial charge in [-0.15, -0.1) is 0 Å². The number of halogens is 1. The molecule has 3 nitrogen and oxygen atoms in total. The molecule has 0 saturated carbocycles. The van der Waals surface area contributed by atoms with Crippen LogP contribution in [0.5, 0.6) is 0 Å². The summed E-state index contributed by atoms with van der Waals surface area (Å²) in [5, 5.41) is 3.97. The molecule has 0 aliphatic carbocycles. The SMILES string of the molecule is CCNCc1cnc(N(CC)c2ccccc2C)c(Cl)c1. The van der Waals surface area contributed by atoms with Gasteiger partial charge in [0.1, 0.15) is 0 Å². The Labute approximate surface area is 132 Å². The molecular formula is C17H22ClN3. The number of pyridine rings is 1. The molecule has 1 N–H and O–H groups in total. The molecule has 0 atom stereocenters. The predicted molar refractivity (Wildman–Crippen MR) is 90.5 cm³/mol. The van der Waals surface area contributed by atoms with Crippen LogP contribution in [0, 0.1) is 6.92 Å². The van der Waals surface area contributed by atoms with Gasteiger partial charge in [-0.05, 0) is 43.7 Å². The highest BCUT2D eigenvalue weighted by atomic mass is 35.5. The van der Waals surface area contributed by atoms with Crippen LogP contribution >= 0.6 is 11.6 Å². The lowest BCUT2D eigenvalue weighted by atomic mass is 10.1. The number of para-hydroxylation sites is 1. The molecule has 0 fully saturated rings. The third-order valence-corrected chi connectivity index (χ3v) is 3.71. The van der Waals surface area contributed by atoms with Crippen LogP contribution in [0.1, 0.15) is 25.0 Å². The van der Waals surface area contributed by atoms with Crippen molar-refractivity contribution in [3.63, 3.8) is 0 Å². The highest BCUT2D eigenvalue weighted by molar-refractivity contribution is 6.33. The summed E-state index contributed by atoms with van der Waals surface area (Å²) >= 11 is 6.45. The van der Waals surface area contributed by atoms with Gasteiger partial charge in [-0.25, -0.2) is 4.98 Å². The molecule has 0 unspecified atom stereocenters. The lowest BCUT2D eigenvalue weighted by Gasteiger charge is -2.25. The molecule has 0 aliphatic rings. The standard InChI is InChI=1S/C17H22ClN3/c1-4-19-11-14-10-15(18)17(20-12-14)21(5-2)16-9-7-6-8-13(16)3/h6-10,12,19H,4-5,11H2,1-3H3. The first-order valence-electron chi connectivity index (χ1n) is 7.35. The molecule has 0 bridgehead atoms. The van der Waals surface area contributed by atoms with E-state index in [1.165, 1.54) is 5.56 Å². The quantitative estimate of drug-likeness (QED) is 0.862. The van der Waals surface area contributed by atoms with Crippen LogP contribution in [-0.4, -0.2) is 18.1 Å². The van der Waals surface area contributed by atoms with E-state index in [1.807, 2.05) is 24.4 Å². The molecule has 112 valence electrons. The van der Waals surface area contributed by atoms with Crippen LogP contribution < -0.4 is 10.2 Å². The van der Waals surface area contributed by atoms with Crippen LogP contribution in [0.3, 0.4) is 0 Å². The third-order valence-electron chi connectivity index (χ3n) is 3.44. The Balaban J connectivity index is 2.33. The average Bonchev–Trinajstić information content (AvgIpc) is 2.49. The van der Waals surface area contributed by atoms with Crippen molar-refractivity contribution < 1.29 is 0 Å². The fourth-order valence-corrected chi connectivity index (χ4v) is 2.63. The second kappa shape index (κ2) is 7.43. The van der Waals surface area contributed by atoms with E-state index in [0.717, 1.165) is 36.7 Å². The second-order valence-electron chi connectivity index (χ2n) is 4.96. The van der Waals surface area contributed by atoms with Crippen LogP contribution in [0.15, 0.2) is 36.5 Å². The molecule has 1 aromatic heterocycles. The smallest absolute Gasteiger partial charge is 0.151 e. The lowest BCUT2D eigenvalue weighted by Crippen LogP contribution is -2.19. The summed E-state index contributed by atoms with van der Waals surface area (Å²) in [6.45, 7) is 8.84. The van der Waals surface area contributed by atoms with Gasteiger partial charge in [0.15, 0.2) is 5.82 Å². The number of nitrogens with one attached hydrogen (secondary N) is 1. The van der Waals surface area contributed by atoms with Crippen LogP contribution in [0.2, 0.25) is 5.02 Å². The van der Waals surface area contributed by atoms with Crippen molar-refractivity contribution in [3.8, 4) is 0 Å². The Kier molecular flexibility index (Phi) is 5.59. The maximum Gasteiger partial charge on any atom is 0.151 e. The van der Waals surface area contributed by atoms with Crippen LogP contribution in [0.25, 0.3) is 0 Å². The first-order chi connectivity index (χ1) is 10.2. The topological polar surface area (TPSA) is 28.2 Å². The summed E-state index contributed by atoms with van der Waals surface area (Å²) in [6, 6.07) is 10.3. The Morgan fingerprint density at radius 1 is 1.24 bits per heavy atom.